The van der Waals surface area contributed by atoms with Crippen LogP contribution in [0.4, 0.5) is 0 Å². The Hall–Kier alpha value is -2.26. The number of amides is 1. The van der Waals surface area contributed by atoms with Crippen LogP contribution < -0.4 is 5.32 Å². The summed E-state index contributed by atoms with van der Waals surface area (Å²) in [6.07, 6.45) is 33.6. The highest BCUT2D eigenvalue weighted by molar-refractivity contribution is 7.81. The number of esters is 1. The first-order chi connectivity index (χ1) is 36.5. The van der Waals surface area contributed by atoms with Crippen molar-refractivity contribution in [1.82, 2.24) is 5.32 Å². The number of carbonyl (C=O) groups is 2. The molecule has 442 valence electrons. The van der Waals surface area contributed by atoms with E-state index < -0.39 is 88.6 Å². The smallest absolute Gasteiger partial charge is 0.397 e. The zero-order chi connectivity index (χ0) is 55.3. The Morgan fingerprint density at radius 3 is 1.45 bits per heavy atom. The molecule has 0 bridgehead atoms. The number of benzene rings is 1. The van der Waals surface area contributed by atoms with E-state index in [-0.39, 0.29) is 12.3 Å². The highest BCUT2D eigenvalue weighted by Gasteiger charge is 2.58. The summed E-state index contributed by atoms with van der Waals surface area (Å²) in [7, 11) is -10.1. The Morgan fingerprint density at radius 1 is 0.592 bits per heavy atom. The average molecular weight is 1120 g/mol. The van der Waals surface area contributed by atoms with Crippen LogP contribution in [0.3, 0.4) is 0 Å². The lowest BCUT2D eigenvalue weighted by Crippen LogP contribution is -2.60. The Morgan fingerprint density at radius 2 is 1.01 bits per heavy atom. The fraction of sp³-hybridized carbons (Fsp3) is 0.862. The molecule has 3 N–H and O–H groups in total. The van der Waals surface area contributed by atoms with Crippen molar-refractivity contribution in [2.75, 3.05) is 13.2 Å². The van der Waals surface area contributed by atoms with Gasteiger partial charge in [0.2, 0.25) is 5.91 Å². The van der Waals surface area contributed by atoms with Gasteiger partial charge in [-0.25, -0.2) is 13.2 Å². The maximum Gasteiger partial charge on any atom is 0.397 e. The molecule has 2 aliphatic rings. The third-order valence-corrected chi connectivity index (χ3v) is 15.5. The first-order valence-corrected chi connectivity index (χ1v) is 32.7. The van der Waals surface area contributed by atoms with E-state index >= 15 is 0 Å². The molecular weight excluding hydrogens is 1010 g/mol. The molecule has 0 saturated carbocycles. The third kappa shape index (κ3) is 32.1. The van der Waals surface area contributed by atoms with Crippen LogP contribution in [0.2, 0.25) is 0 Å². The van der Waals surface area contributed by atoms with Crippen LogP contribution in [0.5, 0.6) is 0 Å². The van der Waals surface area contributed by atoms with Gasteiger partial charge in [0.05, 0.1) is 24.8 Å². The lowest BCUT2D eigenvalue weighted by Gasteiger charge is -2.41. The summed E-state index contributed by atoms with van der Waals surface area (Å²) in [6, 6.07) is 7.53. The molecular formula is C58H103NO15S2. The van der Waals surface area contributed by atoms with Gasteiger partial charge in [0, 0.05) is 6.42 Å². The summed E-state index contributed by atoms with van der Waals surface area (Å²) in [6.45, 7) is 6.37. The van der Waals surface area contributed by atoms with Crippen LogP contribution in [-0.4, -0.2) is 99.7 Å². The van der Waals surface area contributed by atoms with Crippen molar-refractivity contribution in [1.29, 1.82) is 0 Å². The van der Waals surface area contributed by atoms with Crippen molar-refractivity contribution >= 4 is 32.7 Å². The molecule has 0 unspecified atom stereocenters. The van der Waals surface area contributed by atoms with Gasteiger partial charge >= 0.3 is 26.8 Å². The van der Waals surface area contributed by atoms with Crippen LogP contribution in [0.25, 0.3) is 0 Å². The second-order valence-electron chi connectivity index (χ2n) is 22.0. The fourth-order valence-corrected chi connectivity index (χ4v) is 11.2. The standard InChI is InChI=1S/C58H103NO15S2/c1-5-7-9-11-13-15-17-19-20-21-22-23-24-25-26-28-30-32-34-36-41-45-52(60)59-49(46-68-57-55(74-76(65,66)67)54-53(72-58(3,4)73-54)51(71-57)47-69-75(62,63)64)50(70-56(61)48-42-38-37-39-43-48)44-40-35-33-31-29-27-18-16-14-12-10-8-6-2/h37-39,42-43,49-51,53-55,57H,5-36,40-41,44-47H2,1-4H3,(H,59,60)(H,62,63,64)(H,65,66,67)/t49-,50+,51+,53-,54-,55+,57+/m0/s1. The van der Waals surface area contributed by atoms with Crippen LogP contribution in [-0.2, 0) is 57.6 Å². The zero-order valence-electron chi connectivity index (χ0n) is 47.3. The highest BCUT2D eigenvalue weighted by atomic mass is 32.3. The molecule has 0 aliphatic carbocycles. The van der Waals surface area contributed by atoms with Crippen LogP contribution >= 0.6 is 0 Å². The molecule has 7 atom stereocenters. The number of unbranched alkanes of at least 4 members (excludes halogenated alkanes) is 32. The summed E-state index contributed by atoms with van der Waals surface area (Å²) >= 11 is 0. The van der Waals surface area contributed by atoms with Gasteiger partial charge in [0.15, 0.2) is 18.2 Å². The quantitative estimate of drug-likeness (QED) is 0.0314. The van der Waals surface area contributed by atoms with Gasteiger partial charge in [-0.2, -0.15) is 16.8 Å². The molecule has 2 aliphatic heterocycles. The number of fused-ring (bicyclic) bond motifs is 1. The Labute approximate surface area is 460 Å². The number of hydrogen-bond donors (Lipinski definition) is 3. The zero-order valence-corrected chi connectivity index (χ0v) is 48.9. The maximum absolute atomic E-state index is 13.8. The van der Waals surface area contributed by atoms with Crippen molar-refractivity contribution in [3.8, 4) is 0 Å². The van der Waals surface area contributed by atoms with E-state index in [1.807, 2.05) is 0 Å². The summed E-state index contributed by atoms with van der Waals surface area (Å²) in [4.78, 5) is 27.6. The second kappa shape index (κ2) is 40.0. The number of hydrogen-bond acceptors (Lipinski definition) is 13. The number of ether oxygens (including phenoxy) is 5. The normalized spacial score (nSPS) is 20.3. The number of rotatable bonds is 48. The molecule has 0 spiro atoms. The monoisotopic (exact) mass is 1120 g/mol. The van der Waals surface area contributed by atoms with Gasteiger partial charge in [-0.3, -0.25) is 13.9 Å². The van der Waals surface area contributed by atoms with Gasteiger partial charge in [0.1, 0.15) is 24.4 Å². The predicted molar refractivity (Wildman–Crippen MR) is 297 cm³/mol. The van der Waals surface area contributed by atoms with Crippen molar-refractivity contribution < 1.29 is 67.6 Å². The Bertz CT molecular complexity index is 1870. The fourth-order valence-electron chi connectivity index (χ4n) is 10.4. The van der Waals surface area contributed by atoms with E-state index in [0.717, 1.165) is 44.9 Å². The molecule has 18 heteroatoms. The molecule has 1 aromatic carbocycles. The van der Waals surface area contributed by atoms with Crippen LogP contribution in [0, 0.1) is 0 Å². The molecule has 2 saturated heterocycles. The largest absolute Gasteiger partial charge is 0.456 e. The Kier molecular flexibility index (Phi) is 35.8. The predicted octanol–water partition coefficient (Wildman–Crippen LogP) is 14.0. The lowest BCUT2D eigenvalue weighted by atomic mass is 9.99. The van der Waals surface area contributed by atoms with Crippen molar-refractivity contribution in [2.45, 2.75) is 307 Å². The molecule has 0 aromatic heterocycles. The minimum atomic E-state index is -5.17. The molecule has 2 fully saturated rings. The molecule has 1 aromatic rings. The van der Waals surface area contributed by atoms with Crippen molar-refractivity contribution in [3.05, 3.63) is 35.9 Å². The summed E-state index contributed by atoms with van der Waals surface area (Å²) in [5, 5.41) is 3.05. The van der Waals surface area contributed by atoms with E-state index in [4.69, 9.17) is 27.9 Å². The first-order valence-electron chi connectivity index (χ1n) is 30.0. The van der Waals surface area contributed by atoms with Gasteiger partial charge in [-0.05, 0) is 45.2 Å². The maximum atomic E-state index is 13.8. The minimum Gasteiger partial charge on any atom is -0.456 e. The third-order valence-electron chi connectivity index (χ3n) is 14.6. The topological polar surface area (TPSA) is 220 Å². The SMILES string of the molecule is CCCCCCCCCCCCCCCCCCCCCCCC(=O)N[C@@H](CO[C@@H]1O[C@H](COS(=O)(=O)O)[C@@H]2OC(C)(C)O[C@@H]2[C@H]1OS(=O)(=O)O)[C@@H](CCCCCCCCCCCCCCC)OC(=O)c1ccccc1. The summed E-state index contributed by atoms with van der Waals surface area (Å²) < 4.78 is 107. The highest BCUT2D eigenvalue weighted by Crippen LogP contribution is 2.40. The summed E-state index contributed by atoms with van der Waals surface area (Å²) in [5.41, 5.74) is 0.314. The molecule has 76 heavy (non-hydrogen) atoms. The minimum absolute atomic E-state index is 0.209. The van der Waals surface area contributed by atoms with Crippen LogP contribution in [0.1, 0.15) is 269 Å². The Balaban J connectivity index is 1.61. The van der Waals surface area contributed by atoms with Crippen LogP contribution in [0.15, 0.2) is 30.3 Å². The molecule has 2 heterocycles. The van der Waals surface area contributed by atoms with Gasteiger partial charge in [0.25, 0.3) is 0 Å². The lowest BCUT2D eigenvalue weighted by molar-refractivity contribution is -0.277. The van der Waals surface area contributed by atoms with E-state index in [0.29, 0.717) is 24.8 Å². The van der Waals surface area contributed by atoms with E-state index in [1.54, 1.807) is 30.3 Å². The van der Waals surface area contributed by atoms with E-state index in [9.17, 15) is 35.5 Å². The van der Waals surface area contributed by atoms with Gasteiger partial charge in [-0.15, -0.1) is 0 Å². The van der Waals surface area contributed by atoms with E-state index in [1.165, 1.54) is 174 Å². The first kappa shape index (κ1) is 68.0. The van der Waals surface area contributed by atoms with Gasteiger partial charge in [-0.1, -0.05) is 238 Å². The molecule has 1 amide bonds. The van der Waals surface area contributed by atoms with Crippen molar-refractivity contribution in [2.24, 2.45) is 0 Å². The number of nitrogens with one attached hydrogen (secondary N) is 1. The van der Waals surface area contributed by atoms with Crippen molar-refractivity contribution in [3.63, 3.8) is 0 Å². The molecule has 0 radical (unpaired) electrons. The molecule has 16 nitrogen and oxygen atoms in total. The average Bonchev–Trinajstić information content (AvgIpc) is 3.71. The van der Waals surface area contributed by atoms with E-state index in [2.05, 4.69) is 23.3 Å². The second-order valence-corrected chi connectivity index (χ2v) is 24.1. The number of carbonyl (C=O) groups excluding carboxylic acids is 2. The summed E-state index contributed by atoms with van der Waals surface area (Å²) in [5.74, 6) is -2.26. The molecule has 3 rings (SSSR count). The van der Waals surface area contributed by atoms with Gasteiger partial charge < -0.3 is 29.0 Å².